The van der Waals surface area contributed by atoms with Gasteiger partial charge in [-0.15, -0.1) is 0 Å². The molecule has 0 fully saturated rings. The first-order chi connectivity index (χ1) is 17.0. The third kappa shape index (κ3) is 6.69. The Morgan fingerprint density at radius 1 is 0.833 bits per heavy atom. The van der Waals surface area contributed by atoms with Crippen LogP contribution in [-0.4, -0.2) is 29.8 Å². The first-order valence-electron chi connectivity index (χ1n) is 11.4. The SMILES string of the molecule is CCN(CC)Cc1ccc(C(=O)Nc2cc(NC(=O)c3ccc(F)c(C(F)(F)F)c3)ccc2C)cc1. The summed E-state index contributed by atoms with van der Waals surface area (Å²) in [6.45, 7) is 8.58. The molecule has 0 radical (unpaired) electrons. The largest absolute Gasteiger partial charge is 0.419 e. The quantitative estimate of drug-likeness (QED) is 0.347. The second-order valence-corrected chi connectivity index (χ2v) is 8.29. The molecule has 2 amide bonds. The first-order valence-corrected chi connectivity index (χ1v) is 11.4. The van der Waals surface area contributed by atoms with Gasteiger partial charge in [0.1, 0.15) is 5.82 Å². The van der Waals surface area contributed by atoms with Gasteiger partial charge in [0.25, 0.3) is 11.8 Å². The van der Waals surface area contributed by atoms with Crippen LogP contribution in [0.3, 0.4) is 0 Å². The maximum Gasteiger partial charge on any atom is 0.419 e. The van der Waals surface area contributed by atoms with E-state index in [0.717, 1.165) is 36.8 Å². The van der Waals surface area contributed by atoms with Crippen molar-refractivity contribution in [3.63, 3.8) is 0 Å². The zero-order chi connectivity index (χ0) is 26.5. The van der Waals surface area contributed by atoms with Gasteiger partial charge < -0.3 is 10.6 Å². The third-order valence-electron chi connectivity index (χ3n) is 5.79. The molecule has 0 aliphatic rings. The van der Waals surface area contributed by atoms with Crippen molar-refractivity contribution in [2.45, 2.75) is 33.5 Å². The summed E-state index contributed by atoms with van der Waals surface area (Å²) in [6.07, 6.45) is -4.93. The van der Waals surface area contributed by atoms with E-state index in [9.17, 15) is 27.2 Å². The standard InChI is InChI=1S/C27H27F4N3O2/c1-4-34(5-2)16-18-7-9-19(10-8-18)25(35)33-24-15-21(12-6-17(24)3)32-26(36)20-11-13-23(28)22(14-20)27(29,30)31/h6-15H,4-5,16H2,1-3H3,(H,32,36)(H,33,35). The highest BCUT2D eigenvalue weighted by Crippen LogP contribution is 2.32. The highest BCUT2D eigenvalue weighted by molar-refractivity contribution is 6.06. The fraction of sp³-hybridized carbons (Fsp3) is 0.259. The fourth-order valence-electron chi connectivity index (χ4n) is 3.58. The van der Waals surface area contributed by atoms with Crippen LogP contribution in [0.1, 0.15) is 51.3 Å². The van der Waals surface area contributed by atoms with E-state index >= 15 is 0 Å². The number of nitrogens with zero attached hydrogens (tertiary/aromatic N) is 1. The van der Waals surface area contributed by atoms with Gasteiger partial charge in [0.2, 0.25) is 0 Å². The van der Waals surface area contributed by atoms with E-state index < -0.39 is 23.5 Å². The molecule has 0 bridgehead atoms. The number of nitrogens with one attached hydrogen (secondary N) is 2. The molecule has 5 nitrogen and oxygen atoms in total. The van der Waals surface area contributed by atoms with Crippen LogP contribution in [0.2, 0.25) is 0 Å². The molecule has 0 aliphatic heterocycles. The van der Waals surface area contributed by atoms with E-state index in [4.69, 9.17) is 0 Å². The predicted molar refractivity (Wildman–Crippen MR) is 132 cm³/mol. The highest BCUT2D eigenvalue weighted by atomic mass is 19.4. The number of hydrogen-bond acceptors (Lipinski definition) is 3. The molecule has 3 aromatic rings. The van der Waals surface area contributed by atoms with Crippen LogP contribution < -0.4 is 10.6 Å². The Labute approximate surface area is 207 Å². The summed E-state index contributed by atoms with van der Waals surface area (Å²) in [5, 5.41) is 5.29. The van der Waals surface area contributed by atoms with E-state index in [1.165, 1.54) is 6.07 Å². The van der Waals surface area contributed by atoms with E-state index in [1.54, 1.807) is 31.2 Å². The summed E-state index contributed by atoms with van der Waals surface area (Å²) >= 11 is 0. The molecule has 2 N–H and O–H groups in total. The molecule has 9 heteroatoms. The van der Waals surface area contributed by atoms with Gasteiger partial charge in [0, 0.05) is 29.0 Å². The molecular formula is C27H27F4N3O2. The van der Waals surface area contributed by atoms with Crippen molar-refractivity contribution in [3.8, 4) is 0 Å². The number of rotatable bonds is 8. The van der Waals surface area contributed by atoms with Gasteiger partial charge in [-0.05, 0) is 73.6 Å². The number of benzene rings is 3. The van der Waals surface area contributed by atoms with E-state index in [2.05, 4.69) is 29.4 Å². The number of carbonyl (C=O) groups excluding carboxylic acids is 2. The molecule has 0 saturated heterocycles. The van der Waals surface area contributed by atoms with Crippen molar-refractivity contribution in [2.24, 2.45) is 0 Å². The van der Waals surface area contributed by atoms with Crippen molar-refractivity contribution in [1.82, 2.24) is 4.90 Å². The van der Waals surface area contributed by atoms with E-state index in [-0.39, 0.29) is 17.2 Å². The minimum Gasteiger partial charge on any atom is -0.322 e. The van der Waals surface area contributed by atoms with Crippen LogP contribution >= 0.6 is 0 Å². The molecule has 0 saturated carbocycles. The fourth-order valence-corrected chi connectivity index (χ4v) is 3.58. The smallest absolute Gasteiger partial charge is 0.322 e. The number of anilines is 2. The lowest BCUT2D eigenvalue weighted by atomic mass is 10.1. The van der Waals surface area contributed by atoms with Gasteiger partial charge in [-0.3, -0.25) is 14.5 Å². The lowest BCUT2D eigenvalue weighted by molar-refractivity contribution is -0.140. The Hall–Kier alpha value is -3.72. The summed E-state index contributed by atoms with van der Waals surface area (Å²) in [6, 6.07) is 14.0. The van der Waals surface area contributed by atoms with Crippen molar-refractivity contribution < 1.29 is 27.2 Å². The lowest BCUT2D eigenvalue weighted by Crippen LogP contribution is -2.22. The van der Waals surface area contributed by atoms with Gasteiger partial charge in [-0.1, -0.05) is 32.0 Å². The van der Waals surface area contributed by atoms with Crippen molar-refractivity contribution >= 4 is 23.2 Å². The average Bonchev–Trinajstić information content (AvgIpc) is 2.84. The molecule has 0 unspecified atom stereocenters. The lowest BCUT2D eigenvalue weighted by Gasteiger charge is -2.18. The summed E-state index contributed by atoms with van der Waals surface area (Å²) in [5.41, 5.74) is 1.09. The Balaban J connectivity index is 1.72. The highest BCUT2D eigenvalue weighted by Gasteiger charge is 2.34. The Morgan fingerprint density at radius 2 is 1.44 bits per heavy atom. The third-order valence-corrected chi connectivity index (χ3v) is 5.79. The van der Waals surface area contributed by atoms with Gasteiger partial charge in [-0.2, -0.15) is 13.2 Å². The molecule has 3 rings (SSSR count). The summed E-state index contributed by atoms with van der Waals surface area (Å²) < 4.78 is 52.5. The molecule has 0 heterocycles. The van der Waals surface area contributed by atoms with E-state index in [0.29, 0.717) is 23.4 Å². The molecule has 0 atom stereocenters. The first kappa shape index (κ1) is 26.9. The number of halogens is 4. The van der Waals surface area contributed by atoms with Crippen LogP contribution in [0.4, 0.5) is 28.9 Å². The number of amides is 2. The summed E-state index contributed by atoms with van der Waals surface area (Å²) in [7, 11) is 0. The zero-order valence-electron chi connectivity index (χ0n) is 20.2. The Bertz CT molecular complexity index is 1240. The zero-order valence-corrected chi connectivity index (χ0v) is 20.2. The van der Waals surface area contributed by atoms with Gasteiger partial charge in [0.15, 0.2) is 0 Å². The number of hydrogen-bond donors (Lipinski definition) is 2. The minimum absolute atomic E-state index is 0.258. The Kier molecular flexibility index (Phi) is 8.47. The summed E-state index contributed by atoms with van der Waals surface area (Å²) in [5.74, 6) is -2.64. The number of aryl methyl sites for hydroxylation is 1. The molecule has 0 aromatic heterocycles. The molecule has 190 valence electrons. The van der Waals surface area contributed by atoms with Crippen LogP contribution in [0, 0.1) is 12.7 Å². The topological polar surface area (TPSA) is 61.4 Å². The van der Waals surface area contributed by atoms with Crippen molar-refractivity contribution in [1.29, 1.82) is 0 Å². The van der Waals surface area contributed by atoms with Gasteiger partial charge >= 0.3 is 6.18 Å². The van der Waals surface area contributed by atoms with Gasteiger partial charge in [0.05, 0.1) is 5.56 Å². The predicted octanol–water partition coefficient (Wildman–Crippen LogP) is 6.50. The molecule has 0 aliphatic carbocycles. The second kappa shape index (κ2) is 11.3. The molecule has 3 aromatic carbocycles. The monoisotopic (exact) mass is 501 g/mol. The van der Waals surface area contributed by atoms with Crippen LogP contribution in [0.5, 0.6) is 0 Å². The van der Waals surface area contributed by atoms with Crippen molar-refractivity contribution in [2.75, 3.05) is 23.7 Å². The van der Waals surface area contributed by atoms with Crippen LogP contribution in [-0.2, 0) is 12.7 Å². The van der Waals surface area contributed by atoms with Crippen LogP contribution in [0.25, 0.3) is 0 Å². The van der Waals surface area contributed by atoms with Crippen molar-refractivity contribution in [3.05, 3.63) is 94.3 Å². The maximum absolute atomic E-state index is 13.5. The number of carbonyl (C=O) groups is 2. The van der Waals surface area contributed by atoms with Gasteiger partial charge in [-0.25, -0.2) is 4.39 Å². The normalized spacial score (nSPS) is 11.4. The summed E-state index contributed by atoms with van der Waals surface area (Å²) in [4.78, 5) is 27.5. The molecule has 0 spiro atoms. The number of alkyl halides is 3. The molecule has 36 heavy (non-hydrogen) atoms. The maximum atomic E-state index is 13.5. The second-order valence-electron chi connectivity index (χ2n) is 8.29. The Morgan fingerprint density at radius 3 is 2.06 bits per heavy atom. The average molecular weight is 502 g/mol. The van der Waals surface area contributed by atoms with Crippen LogP contribution in [0.15, 0.2) is 60.7 Å². The minimum atomic E-state index is -4.93. The molecular weight excluding hydrogens is 474 g/mol. The van der Waals surface area contributed by atoms with E-state index in [1.807, 2.05) is 12.1 Å².